The van der Waals surface area contributed by atoms with Crippen molar-refractivity contribution in [2.75, 3.05) is 0 Å². The fourth-order valence-corrected chi connectivity index (χ4v) is 2.57. The molecule has 0 bridgehead atoms. The van der Waals surface area contributed by atoms with Gasteiger partial charge in [-0.3, -0.25) is 0 Å². The lowest BCUT2D eigenvalue weighted by molar-refractivity contribution is 0.465. The summed E-state index contributed by atoms with van der Waals surface area (Å²) in [4.78, 5) is 7.39. The molecule has 2 heterocycles. The van der Waals surface area contributed by atoms with Crippen LogP contribution in [0.4, 0.5) is 0 Å². The second-order valence-corrected chi connectivity index (χ2v) is 6.23. The number of benzene rings is 1. The van der Waals surface area contributed by atoms with Crippen molar-refractivity contribution in [3.05, 3.63) is 53.9 Å². The minimum absolute atomic E-state index is 0.291. The van der Waals surface area contributed by atoms with Gasteiger partial charge in [0.15, 0.2) is 5.75 Å². The van der Waals surface area contributed by atoms with Crippen molar-refractivity contribution in [1.82, 2.24) is 9.97 Å². The zero-order valence-corrected chi connectivity index (χ0v) is 13.1. The number of aromatic amines is 1. The highest BCUT2D eigenvalue weighted by Crippen LogP contribution is 2.32. The Hall–Kier alpha value is -2.84. The van der Waals surface area contributed by atoms with Gasteiger partial charge in [0.2, 0.25) is 5.88 Å². The molecule has 0 aliphatic rings. The summed E-state index contributed by atoms with van der Waals surface area (Å²) >= 11 is 0. The molecule has 2 aromatic heterocycles. The third-order valence-corrected chi connectivity index (χ3v) is 3.51. The molecule has 3 rings (SSSR count). The Bertz CT molecular complexity index is 884. The third kappa shape index (κ3) is 3.17. The Labute approximate surface area is 134 Å². The molecule has 3 aromatic rings. The van der Waals surface area contributed by atoms with Crippen molar-refractivity contribution in [3.63, 3.8) is 0 Å². The second-order valence-electron chi connectivity index (χ2n) is 6.23. The van der Waals surface area contributed by atoms with E-state index in [1.807, 2.05) is 38.2 Å². The topological polar surface area (TPSA) is 87.7 Å². The average Bonchev–Trinajstić information content (AvgIpc) is 2.90. The highest BCUT2D eigenvalue weighted by Gasteiger charge is 2.17. The Morgan fingerprint density at radius 2 is 2.13 bits per heavy atom. The van der Waals surface area contributed by atoms with E-state index in [2.05, 4.69) is 16.0 Å². The van der Waals surface area contributed by atoms with Gasteiger partial charge in [-0.25, -0.2) is 4.98 Å². The molecule has 0 saturated carbocycles. The number of pyridine rings is 1. The predicted molar refractivity (Wildman–Crippen MR) is 89.3 cm³/mol. The Morgan fingerprint density at radius 1 is 1.30 bits per heavy atom. The SMILES string of the molecule is CC(C)(N)Cc1c[nH]c2c(Oc3ncccc3C#N)cccc12. The number of para-hydroxylation sites is 1. The molecular formula is C18H18N4O. The van der Waals surface area contributed by atoms with Gasteiger partial charge in [-0.1, -0.05) is 12.1 Å². The number of H-pyrrole nitrogens is 1. The summed E-state index contributed by atoms with van der Waals surface area (Å²) in [5.41, 5.74) is 8.25. The number of fused-ring (bicyclic) bond motifs is 1. The number of aromatic nitrogens is 2. The lowest BCUT2D eigenvalue weighted by atomic mass is 9.96. The van der Waals surface area contributed by atoms with Crippen LogP contribution >= 0.6 is 0 Å². The first-order valence-corrected chi connectivity index (χ1v) is 7.39. The zero-order chi connectivity index (χ0) is 16.4. The van der Waals surface area contributed by atoms with E-state index >= 15 is 0 Å². The summed E-state index contributed by atoms with van der Waals surface area (Å²) in [5, 5.41) is 10.2. The maximum absolute atomic E-state index is 9.15. The molecule has 0 aliphatic carbocycles. The minimum Gasteiger partial charge on any atom is -0.435 e. The molecule has 5 heteroatoms. The molecule has 0 spiro atoms. The number of hydrogen-bond acceptors (Lipinski definition) is 4. The van der Waals surface area contributed by atoms with Crippen LogP contribution in [-0.4, -0.2) is 15.5 Å². The fraction of sp³-hybridized carbons (Fsp3) is 0.222. The first kappa shape index (κ1) is 15.1. The van der Waals surface area contributed by atoms with Crippen LogP contribution in [0, 0.1) is 11.3 Å². The van der Waals surface area contributed by atoms with Crippen LogP contribution < -0.4 is 10.5 Å². The highest BCUT2D eigenvalue weighted by molar-refractivity contribution is 5.88. The van der Waals surface area contributed by atoms with Crippen molar-refractivity contribution < 1.29 is 4.74 Å². The van der Waals surface area contributed by atoms with Crippen molar-refractivity contribution in [2.24, 2.45) is 5.73 Å². The molecular weight excluding hydrogens is 288 g/mol. The molecule has 0 radical (unpaired) electrons. The number of nitrogens with two attached hydrogens (primary N) is 1. The van der Waals surface area contributed by atoms with Crippen LogP contribution in [0.3, 0.4) is 0 Å². The third-order valence-electron chi connectivity index (χ3n) is 3.51. The molecule has 0 atom stereocenters. The van der Waals surface area contributed by atoms with Gasteiger partial charge in [-0.15, -0.1) is 0 Å². The Morgan fingerprint density at radius 3 is 2.87 bits per heavy atom. The smallest absolute Gasteiger partial charge is 0.237 e. The summed E-state index contributed by atoms with van der Waals surface area (Å²) in [6, 6.07) is 11.3. The molecule has 5 nitrogen and oxygen atoms in total. The molecule has 0 aliphatic heterocycles. The van der Waals surface area contributed by atoms with Crippen LogP contribution in [0.5, 0.6) is 11.6 Å². The van der Waals surface area contributed by atoms with Gasteiger partial charge < -0.3 is 15.5 Å². The number of nitrogens with zero attached hydrogens (tertiary/aromatic N) is 2. The quantitative estimate of drug-likeness (QED) is 0.772. The van der Waals surface area contributed by atoms with E-state index in [1.54, 1.807) is 18.3 Å². The summed E-state index contributed by atoms with van der Waals surface area (Å²) in [6.07, 6.45) is 4.31. The molecule has 0 fully saturated rings. The van der Waals surface area contributed by atoms with Crippen LogP contribution in [0.2, 0.25) is 0 Å². The van der Waals surface area contributed by atoms with Gasteiger partial charge >= 0.3 is 0 Å². The lowest BCUT2D eigenvalue weighted by Crippen LogP contribution is -2.34. The van der Waals surface area contributed by atoms with Gasteiger partial charge in [-0.05, 0) is 44.0 Å². The number of rotatable bonds is 4. The minimum atomic E-state index is -0.291. The molecule has 116 valence electrons. The normalized spacial score (nSPS) is 11.4. The molecule has 0 unspecified atom stereocenters. The molecule has 3 N–H and O–H groups in total. The predicted octanol–water partition coefficient (Wildman–Crippen LogP) is 3.51. The number of ether oxygens (including phenoxy) is 1. The van der Waals surface area contributed by atoms with Crippen molar-refractivity contribution in [2.45, 2.75) is 25.8 Å². The summed E-state index contributed by atoms with van der Waals surface area (Å²) < 4.78 is 5.86. The first-order valence-electron chi connectivity index (χ1n) is 7.39. The van der Waals surface area contributed by atoms with Crippen LogP contribution in [-0.2, 0) is 6.42 Å². The standard InChI is InChI=1S/C18H18N4O/c1-18(2,20)9-13-11-22-16-14(13)6-3-7-15(16)23-17-12(10-19)5-4-8-21-17/h3-8,11,22H,9,20H2,1-2H3. The monoisotopic (exact) mass is 306 g/mol. The van der Waals surface area contributed by atoms with Crippen LogP contribution in [0.25, 0.3) is 10.9 Å². The van der Waals surface area contributed by atoms with Gasteiger partial charge in [-0.2, -0.15) is 5.26 Å². The number of nitriles is 1. The van der Waals surface area contributed by atoms with Gasteiger partial charge in [0.1, 0.15) is 11.6 Å². The van der Waals surface area contributed by atoms with E-state index in [0.29, 0.717) is 17.2 Å². The molecule has 0 amide bonds. The van der Waals surface area contributed by atoms with Crippen molar-refractivity contribution >= 4 is 10.9 Å². The summed E-state index contributed by atoms with van der Waals surface area (Å²) in [7, 11) is 0. The summed E-state index contributed by atoms with van der Waals surface area (Å²) in [6.45, 7) is 4.00. The second kappa shape index (κ2) is 5.75. The largest absolute Gasteiger partial charge is 0.435 e. The van der Waals surface area contributed by atoms with E-state index in [4.69, 9.17) is 15.7 Å². The van der Waals surface area contributed by atoms with E-state index in [1.165, 1.54) is 0 Å². The Kier molecular flexibility index (Phi) is 3.77. The lowest BCUT2D eigenvalue weighted by Gasteiger charge is -2.17. The maximum atomic E-state index is 9.15. The number of hydrogen-bond donors (Lipinski definition) is 2. The van der Waals surface area contributed by atoms with Gasteiger partial charge in [0.05, 0.1) is 5.52 Å². The molecule has 1 aromatic carbocycles. The summed E-state index contributed by atoms with van der Waals surface area (Å²) in [5.74, 6) is 0.941. The average molecular weight is 306 g/mol. The first-order chi connectivity index (χ1) is 11.0. The Balaban J connectivity index is 2.01. The van der Waals surface area contributed by atoms with Crippen LogP contribution in [0.15, 0.2) is 42.7 Å². The highest BCUT2D eigenvalue weighted by atomic mass is 16.5. The van der Waals surface area contributed by atoms with E-state index in [9.17, 15) is 0 Å². The van der Waals surface area contributed by atoms with Crippen molar-refractivity contribution in [3.8, 4) is 17.7 Å². The molecule has 0 saturated heterocycles. The zero-order valence-electron chi connectivity index (χ0n) is 13.1. The van der Waals surface area contributed by atoms with Gasteiger partial charge in [0, 0.05) is 23.3 Å². The van der Waals surface area contributed by atoms with Crippen LogP contribution in [0.1, 0.15) is 25.0 Å². The van der Waals surface area contributed by atoms with Crippen molar-refractivity contribution in [1.29, 1.82) is 5.26 Å². The van der Waals surface area contributed by atoms with E-state index in [-0.39, 0.29) is 5.54 Å². The van der Waals surface area contributed by atoms with E-state index in [0.717, 1.165) is 22.9 Å². The number of nitrogens with one attached hydrogen (secondary N) is 1. The van der Waals surface area contributed by atoms with E-state index < -0.39 is 0 Å². The maximum Gasteiger partial charge on any atom is 0.237 e. The fourth-order valence-electron chi connectivity index (χ4n) is 2.57. The van der Waals surface area contributed by atoms with Gasteiger partial charge in [0.25, 0.3) is 0 Å². The molecule has 23 heavy (non-hydrogen) atoms.